The van der Waals surface area contributed by atoms with Crippen LogP contribution in [0.15, 0.2) is 23.4 Å². The number of rotatable bonds is 4. The molecule has 0 spiro atoms. The van der Waals surface area contributed by atoms with Gasteiger partial charge in [-0.05, 0) is 13.0 Å². The van der Waals surface area contributed by atoms with Crippen LogP contribution >= 0.6 is 11.8 Å². The molecular formula is C8H8N2O3S. The predicted octanol–water partition coefficient (Wildman–Crippen LogP) is 1.67. The van der Waals surface area contributed by atoms with Crippen LogP contribution in [0.25, 0.3) is 0 Å². The summed E-state index contributed by atoms with van der Waals surface area (Å²) in [6.45, 7) is 1.43. The first kappa shape index (κ1) is 10.6. The van der Waals surface area contributed by atoms with Gasteiger partial charge in [-0.1, -0.05) is 11.8 Å². The Morgan fingerprint density at radius 1 is 1.71 bits per heavy atom. The van der Waals surface area contributed by atoms with Gasteiger partial charge in [-0.3, -0.25) is 14.9 Å². The van der Waals surface area contributed by atoms with Gasteiger partial charge >= 0.3 is 5.69 Å². The first-order chi connectivity index (χ1) is 6.61. The zero-order chi connectivity index (χ0) is 10.6. The fraction of sp³-hybridized carbons (Fsp3) is 0.250. The maximum Gasteiger partial charge on any atom is 0.301 e. The number of carbonyl (C=O) groups is 1. The Morgan fingerprint density at radius 3 is 3.00 bits per heavy atom. The highest BCUT2D eigenvalue weighted by Crippen LogP contribution is 2.25. The van der Waals surface area contributed by atoms with Crippen LogP contribution in [0.4, 0.5) is 5.69 Å². The van der Waals surface area contributed by atoms with Gasteiger partial charge in [0.05, 0.1) is 10.7 Å². The molecule has 1 aromatic rings. The SMILES string of the molecule is CC(=O)CSc1ncccc1[N+](=O)[O-]. The Labute approximate surface area is 84.7 Å². The zero-order valence-electron chi connectivity index (χ0n) is 7.47. The van der Waals surface area contributed by atoms with Crippen molar-refractivity contribution in [2.45, 2.75) is 11.9 Å². The normalized spacial score (nSPS) is 9.79. The first-order valence-corrected chi connectivity index (χ1v) is 4.81. The van der Waals surface area contributed by atoms with E-state index in [0.717, 1.165) is 11.8 Å². The van der Waals surface area contributed by atoms with Crippen LogP contribution in [0.3, 0.4) is 0 Å². The number of ketones is 1. The number of thioether (sulfide) groups is 1. The number of aromatic nitrogens is 1. The third-order valence-corrected chi connectivity index (χ3v) is 2.50. The van der Waals surface area contributed by atoms with E-state index < -0.39 is 4.92 Å². The van der Waals surface area contributed by atoms with Gasteiger partial charge in [0.1, 0.15) is 5.78 Å². The molecule has 1 aromatic heterocycles. The van der Waals surface area contributed by atoms with Crippen LogP contribution in [0, 0.1) is 10.1 Å². The lowest BCUT2D eigenvalue weighted by atomic mass is 10.4. The summed E-state index contributed by atoms with van der Waals surface area (Å²) in [4.78, 5) is 24.5. The lowest BCUT2D eigenvalue weighted by Crippen LogP contribution is -1.97. The molecule has 0 atom stereocenters. The first-order valence-electron chi connectivity index (χ1n) is 3.83. The van der Waals surface area contributed by atoms with E-state index in [-0.39, 0.29) is 22.2 Å². The number of Topliss-reactive ketones (excluding diaryl/α,β-unsaturated/α-hetero) is 1. The molecule has 14 heavy (non-hydrogen) atoms. The monoisotopic (exact) mass is 212 g/mol. The van der Waals surface area contributed by atoms with E-state index in [2.05, 4.69) is 4.98 Å². The van der Waals surface area contributed by atoms with E-state index in [1.54, 1.807) is 0 Å². The minimum absolute atomic E-state index is 0.0325. The zero-order valence-corrected chi connectivity index (χ0v) is 8.28. The molecule has 74 valence electrons. The highest BCUT2D eigenvalue weighted by molar-refractivity contribution is 8.00. The molecule has 5 nitrogen and oxygen atoms in total. The van der Waals surface area contributed by atoms with E-state index >= 15 is 0 Å². The highest BCUT2D eigenvalue weighted by atomic mass is 32.2. The molecule has 0 aliphatic heterocycles. The number of hydrogen-bond acceptors (Lipinski definition) is 5. The van der Waals surface area contributed by atoms with Crippen molar-refractivity contribution in [1.82, 2.24) is 4.98 Å². The molecule has 1 heterocycles. The van der Waals surface area contributed by atoms with Crippen molar-refractivity contribution < 1.29 is 9.72 Å². The number of hydrogen-bond donors (Lipinski definition) is 0. The van der Waals surface area contributed by atoms with Gasteiger partial charge < -0.3 is 0 Å². The minimum Gasteiger partial charge on any atom is -0.299 e. The largest absolute Gasteiger partial charge is 0.301 e. The fourth-order valence-corrected chi connectivity index (χ4v) is 1.57. The van der Waals surface area contributed by atoms with E-state index in [1.807, 2.05) is 0 Å². The van der Waals surface area contributed by atoms with Crippen LogP contribution in [0.5, 0.6) is 0 Å². The van der Waals surface area contributed by atoms with Gasteiger partial charge in [-0.25, -0.2) is 4.98 Å². The summed E-state index contributed by atoms with van der Waals surface area (Å²) in [7, 11) is 0. The van der Waals surface area contributed by atoms with Gasteiger partial charge in [0, 0.05) is 12.3 Å². The second-order valence-corrected chi connectivity index (χ2v) is 3.54. The molecule has 0 saturated carbocycles. The van der Waals surface area contributed by atoms with Crippen molar-refractivity contribution >= 4 is 23.2 Å². The number of carbonyl (C=O) groups excluding carboxylic acids is 1. The van der Waals surface area contributed by atoms with E-state index in [9.17, 15) is 14.9 Å². The van der Waals surface area contributed by atoms with Gasteiger partial charge in [-0.2, -0.15) is 0 Å². The molecule has 0 radical (unpaired) electrons. The molecule has 1 rings (SSSR count). The van der Waals surface area contributed by atoms with Gasteiger partial charge in [0.2, 0.25) is 0 Å². The van der Waals surface area contributed by atoms with E-state index in [0.29, 0.717) is 0 Å². The molecule has 0 bridgehead atoms. The molecule has 6 heteroatoms. The Balaban J connectivity index is 2.84. The fourth-order valence-electron chi connectivity index (χ4n) is 0.802. The van der Waals surface area contributed by atoms with Crippen molar-refractivity contribution in [3.8, 4) is 0 Å². The number of nitro groups is 1. The molecule has 0 aliphatic rings. The topological polar surface area (TPSA) is 73.1 Å². The van der Waals surface area contributed by atoms with Crippen molar-refractivity contribution in [3.63, 3.8) is 0 Å². The molecule has 0 N–H and O–H groups in total. The van der Waals surface area contributed by atoms with Crippen LogP contribution < -0.4 is 0 Å². The summed E-state index contributed by atoms with van der Waals surface area (Å²) >= 11 is 1.08. The molecule has 0 aromatic carbocycles. The Morgan fingerprint density at radius 2 is 2.43 bits per heavy atom. The van der Waals surface area contributed by atoms with Crippen molar-refractivity contribution in [3.05, 3.63) is 28.4 Å². The quantitative estimate of drug-likeness (QED) is 0.431. The average molecular weight is 212 g/mol. The molecular weight excluding hydrogens is 204 g/mol. The average Bonchev–Trinajstić information content (AvgIpc) is 2.15. The maximum absolute atomic E-state index is 10.7. The Hall–Kier alpha value is -1.43. The maximum atomic E-state index is 10.7. The van der Waals surface area contributed by atoms with Crippen LogP contribution in [0.2, 0.25) is 0 Å². The van der Waals surface area contributed by atoms with Gasteiger partial charge in [0.15, 0.2) is 5.03 Å². The van der Waals surface area contributed by atoms with Gasteiger partial charge in [-0.15, -0.1) is 0 Å². The van der Waals surface area contributed by atoms with Crippen LogP contribution in [-0.4, -0.2) is 21.4 Å². The second kappa shape index (κ2) is 4.71. The number of nitrogens with zero attached hydrogens (tertiary/aromatic N) is 2. The van der Waals surface area contributed by atoms with Crippen molar-refractivity contribution in [2.75, 3.05) is 5.75 Å². The Kier molecular flexibility index (Phi) is 3.58. The standard InChI is InChI=1S/C8H8N2O3S/c1-6(11)5-14-8-7(10(12)13)3-2-4-9-8/h2-4H,5H2,1H3. The van der Waals surface area contributed by atoms with Gasteiger partial charge in [0.25, 0.3) is 0 Å². The molecule has 0 saturated heterocycles. The summed E-state index contributed by atoms with van der Waals surface area (Å²) in [5.41, 5.74) is -0.0567. The third-order valence-electron chi connectivity index (χ3n) is 1.36. The lowest BCUT2D eigenvalue weighted by molar-refractivity contribution is -0.388. The summed E-state index contributed by atoms with van der Waals surface area (Å²) in [5, 5.41) is 10.8. The van der Waals surface area contributed by atoms with Crippen LogP contribution in [-0.2, 0) is 4.79 Å². The second-order valence-electron chi connectivity index (χ2n) is 2.58. The van der Waals surface area contributed by atoms with Crippen molar-refractivity contribution in [2.24, 2.45) is 0 Å². The Bertz CT molecular complexity index is 367. The third kappa shape index (κ3) is 2.81. The lowest BCUT2D eigenvalue weighted by Gasteiger charge is -1.98. The summed E-state index contributed by atoms with van der Waals surface area (Å²) < 4.78 is 0. The predicted molar refractivity (Wildman–Crippen MR) is 52.3 cm³/mol. The van der Waals surface area contributed by atoms with Crippen molar-refractivity contribution in [1.29, 1.82) is 0 Å². The summed E-state index contributed by atoms with van der Waals surface area (Å²) in [6.07, 6.45) is 1.47. The van der Waals surface area contributed by atoms with E-state index in [1.165, 1.54) is 25.3 Å². The minimum atomic E-state index is -0.504. The van der Waals surface area contributed by atoms with E-state index in [4.69, 9.17) is 0 Å². The molecule has 0 aliphatic carbocycles. The smallest absolute Gasteiger partial charge is 0.299 e. The molecule has 0 fully saturated rings. The molecule has 0 unspecified atom stereocenters. The highest BCUT2D eigenvalue weighted by Gasteiger charge is 2.14. The summed E-state index contributed by atoms with van der Waals surface area (Å²) in [5.74, 6) is 0.174. The van der Waals surface area contributed by atoms with Crippen LogP contribution in [0.1, 0.15) is 6.92 Å². The molecule has 0 amide bonds. The summed E-state index contributed by atoms with van der Waals surface area (Å²) in [6, 6.07) is 2.87. The number of pyridine rings is 1.